The minimum Gasteiger partial charge on any atom is -0.496 e. The van der Waals surface area contributed by atoms with Crippen molar-refractivity contribution in [1.29, 1.82) is 0 Å². The van der Waals surface area contributed by atoms with Crippen molar-refractivity contribution in [1.82, 2.24) is 10.2 Å². The molecule has 0 amide bonds. The number of nitrogens with one attached hydrogen (secondary N) is 1. The Morgan fingerprint density at radius 2 is 2.15 bits per heavy atom. The lowest BCUT2D eigenvalue weighted by Gasteiger charge is -2.24. The summed E-state index contributed by atoms with van der Waals surface area (Å²) in [7, 11) is -1.34. The van der Waals surface area contributed by atoms with Crippen LogP contribution in [-0.4, -0.2) is 49.1 Å². The van der Waals surface area contributed by atoms with Crippen LogP contribution in [0.4, 0.5) is 0 Å². The third-order valence-electron chi connectivity index (χ3n) is 3.83. The van der Waals surface area contributed by atoms with Gasteiger partial charge in [0.15, 0.2) is 14.9 Å². The lowest BCUT2D eigenvalue weighted by atomic mass is 10.1. The SMILES string of the molecule is COc1ccccc1CN1C(=S)N[C@H]2CS(=O)(=O)C[C@H]21. The minimum atomic E-state index is -2.96. The van der Waals surface area contributed by atoms with Crippen molar-refractivity contribution in [2.45, 2.75) is 18.6 Å². The van der Waals surface area contributed by atoms with Gasteiger partial charge in [0.2, 0.25) is 0 Å². The molecule has 1 aromatic rings. The highest BCUT2D eigenvalue weighted by Gasteiger charge is 2.47. The average molecular weight is 312 g/mol. The van der Waals surface area contributed by atoms with Crippen molar-refractivity contribution >= 4 is 27.2 Å². The largest absolute Gasteiger partial charge is 0.496 e. The van der Waals surface area contributed by atoms with Gasteiger partial charge < -0.3 is 15.0 Å². The van der Waals surface area contributed by atoms with E-state index in [9.17, 15) is 8.42 Å². The van der Waals surface area contributed by atoms with E-state index in [2.05, 4.69) is 5.32 Å². The lowest BCUT2D eigenvalue weighted by Crippen LogP contribution is -2.36. The first-order chi connectivity index (χ1) is 9.50. The first-order valence-electron chi connectivity index (χ1n) is 6.39. The number of sulfone groups is 1. The highest BCUT2D eigenvalue weighted by atomic mass is 32.2. The van der Waals surface area contributed by atoms with Crippen LogP contribution in [0.3, 0.4) is 0 Å². The minimum absolute atomic E-state index is 0.0718. The van der Waals surface area contributed by atoms with Crippen LogP contribution < -0.4 is 10.1 Å². The smallest absolute Gasteiger partial charge is 0.169 e. The third kappa shape index (κ3) is 2.35. The maximum Gasteiger partial charge on any atom is 0.169 e. The molecule has 3 rings (SSSR count). The fourth-order valence-corrected chi connectivity index (χ4v) is 5.14. The van der Waals surface area contributed by atoms with Crippen molar-refractivity contribution in [3.05, 3.63) is 29.8 Å². The van der Waals surface area contributed by atoms with Gasteiger partial charge in [0.05, 0.1) is 30.7 Å². The van der Waals surface area contributed by atoms with Crippen LogP contribution in [0.1, 0.15) is 5.56 Å². The van der Waals surface area contributed by atoms with E-state index >= 15 is 0 Å². The molecule has 2 aliphatic heterocycles. The number of para-hydroxylation sites is 1. The molecule has 5 nitrogen and oxygen atoms in total. The predicted octanol–water partition coefficient (Wildman–Crippen LogP) is 0.551. The quantitative estimate of drug-likeness (QED) is 0.823. The molecule has 108 valence electrons. The Bertz CT molecular complexity index is 645. The number of nitrogens with zero attached hydrogens (tertiary/aromatic N) is 1. The van der Waals surface area contributed by atoms with Crippen molar-refractivity contribution in [2.75, 3.05) is 18.6 Å². The number of hydrogen-bond acceptors (Lipinski definition) is 4. The van der Waals surface area contributed by atoms with E-state index in [0.29, 0.717) is 11.7 Å². The number of thiocarbonyl (C=S) groups is 1. The van der Waals surface area contributed by atoms with Crippen LogP contribution in [-0.2, 0) is 16.4 Å². The molecule has 0 aromatic heterocycles. The monoisotopic (exact) mass is 312 g/mol. The van der Waals surface area contributed by atoms with Gasteiger partial charge in [-0.25, -0.2) is 8.42 Å². The maximum absolute atomic E-state index is 11.7. The van der Waals surface area contributed by atoms with Gasteiger partial charge in [-0.3, -0.25) is 0 Å². The molecule has 20 heavy (non-hydrogen) atoms. The number of benzene rings is 1. The Labute approximate surface area is 123 Å². The zero-order valence-electron chi connectivity index (χ0n) is 11.1. The summed E-state index contributed by atoms with van der Waals surface area (Å²) < 4.78 is 28.8. The van der Waals surface area contributed by atoms with Crippen molar-refractivity contribution in [3.63, 3.8) is 0 Å². The normalized spacial score (nSPS) is 27.2. The number of hydrogen-bond donors (Lipinski definition) is 1. The maximum atomic E-state index is 11.7. The Morgan fingerprint density at radius 3 is 2.90 bits per heavy atom. The van der Waals surface area contributed by atoms with Gasteiger partial charge in [-0.15, -0.1) is 0 Å². The van der Waals surface area contributed by atoms with Gasteiger partial charge in [0, 0.05) is 12.1 Å². The fourth-order valence-electron chi connectivity index (χ4n) is 2.87. The van der Waals surface area contributed by atoms with Crippen LogP contribution in [0.5, 0.6) is 5.75 Å². The first kappa shape index (κ1) is 13.6. The second kappa shape index (κ2) is 4.89. The summed E-state index contributed by atoms with van der Waals surface area (Å²) in [5, 5.41) is 3.74. The zero-order valence-corrected chi connectivity index (χ0v) is 12.7. The van der Waals surface area contributed by atoms with Crippen LogP contribution in [0, 0.1) is 0 Å². The van der Waals surface area contributed by atoms with Crippen LogP contribution in [0.2, 0.25) is 0 Å². The second-order valence-electron chi connectivity index (χ2n) is 5.14. The van der Waals surface area contributed by atoms with Crippen molar-refractivity contribution < 1.29 is 13.2 Å². The van der Waals surface area contributed by atoms with E-state index in [-0.39, 0.29) is 23.6 Å². The Balaban J connectivity index is 1.85. The summed E-state index contributed by atoms with van der Waals surface area (Å²) in [5.74, 6) is 1.12. The molecule has 0 saturated carbocycles. The number of rotatable bonds is 3. The molecule has 2 aliphatic rings. The lowest BCUT2D eigenvalue weighted by molar-refractivity contribution is 0.337. The van der Waals surface area contributed by atoms with Gasteiger partial charge in [0.25, 0.3) is 0 Å². The molecule has 2 heterocycles. The summed E-state index contributed by atoms with van der Waals surface area (Å²) in [4.78, 5) is 1.96. The molecule has 1 N–H and O–H groups in total. The van der Waals surface area contributed by atoms with Gasteiger partial charge in [-0.1, -0.05) is 18.2 Å². The van der Waals surface area contributed by atoms with Gasteiger partial charge >= 0.3 is 0 Å². The van der Waals surface area contributed by atoms with E-state index in [4.69, 9.17) is 17.0 Å². The summed E-state index contributed by atoms with van der Waals surface area (Å²) in [5.41, 5.74) is 1.00. The van der Waals surface area contributed by atoms with Gasteiger partial charge in [-0.05, 0) is 18.3 Å². The Hall–Kier alpha value is -1.34. The third-order valence-corrected chi connectivity index (χ3v) is 5.89. The van der Waals surface area contributed by atoms with Crippen LogP contribution in [0.15, 0.2) is 24.3 Å². The molecule has 0 spiro atoms. The molecular weight excluding hydrogens is 296 g/mol. The van der Waals surface area contributed by atoms with E-state index < -0.39 is 9.84 Å². The molecule has 1 aromatic carbocycles. The molecule has 0 radical (unpaired) electrons. The molecule has 0 aliphatic carbocycles. The van der Waals surface area contributed by atoms with Crippen molar-refractivity contribution in [2.24, 2.45) is 0 Å². The standard InChI is InChI=1S/C13H16N2O3S2/c1-18-12-5-3-2-4-9(12)6-15-11-8-20(16,17)7-10(11)14-13(15)19/h2-5,10-11H,6-8H2,1H3,(H,14,19)/t10-,11+/m0/s1. The zero-order chi connectivity index (χ0) is 14.3. The predicted molar refractivity (Wildman–Crippen MR) is 80.5 cm³/mol. The number of ether oxygens (including phenoxy) is 1. The highest BCUT2D eigenvalue weighted by molar-refractivity contribution is 7.91. The van der Waals surface area contributed by atoms with E-state index in [1.165, 1.54) is 0 Å². The van der Waals surface area contributed by atoms with Crippen LogP contribution in [0.25, 0.3) is 0 Å². The van der Waals surface area contributed by atoms with Gasteiger partial charge in [0.1, 0.15) is 5.75 Å². The number of methoxy groups -OCH3 is 1. The average Bonchev–Trinajstić information content (AvgIpc) is 2.83. The van der Waals surface area contributed by atoms with E-state index in [1.54, 1.807) is 7.11 Å². The summed E-state index contributed by atoms with van der Waals surface area (Å²) in [6.07, 6.45) is 0. The second-order valence-corrected chi connectivity index (χ2v) is 7.68. The number of fused-ring (bicyclic) bond motifs is 1. The van der Waals surface area contributed by atoms with Crippen molar-refractivity contribution in [3.8, 4) is 5.75 Å². The molecule has 7 heteroatoms. The van der Waals surface area contributed by atoms with Crippen LogP contribution >= 0.6 is 12.2 Å². The van der Waals surface area contributed by atoms with Gasteiger partial charge in [-0.2, -0.15) is 0 Å². The summed E-state index contributed by atoms with van der Waals surface area (Å²) in [6.45, 7) is 0.562. The molecule has 0 bridgehead atoms. The topological polar surface area (TPSA) is 58.6 Å². The molecule has 2 atom stereocenters. The molecular formula is C13H16N2O3S2. The first-order valence-corrected chi connectivity index (χ1v) is 8.62. The van der Waals surface area contributed by atoms with E-state index in [1.807, 2.05) is 29.2 Å². The summed E-state index contributed by atoms with van der Waals surface area (Å²) in [6, 6.07) is 7.56. The Morgan fingerprint density at radius 1 is 1.40 bits per heavy atom. The summed E-state index contributed by atoms with van der Waals surface area (Å²) >= 11 is 5.33. The molecule has 0 unspecified atom stereocenters. The molecule has 2 fully saturated rings. The van der Waals surface area contributed by atoms with E-state index in [0.717, 1.165) is 11.3 Å². The highest BCUT2D eigenvalue weighted by Crippen LogP contribution is 2.28. The Kier molecular flexibility index (Phi) is 3.33. The fraction of sp³-hybridized carbons (Fsp3) is 0.462. The molecule has 2 saturated heterocycles.